The number of hydrogen-bond donors (Lipinski definition) is 3. The normalized spacial score (nSPS) is 11.0. The fourth-order valence-electron chi connectivity index (χ4n) is 2.34. The van der Waals surface area contributed by atoms with Crippen molar-refractivity contribution in [1.82, 2.24) is 10.2 Å². The molecular weight excluding hydrogens is 271 g/mol. The zero-order valence-corrected chi connectivity index (χ0v) is 11.3. The van der Waals surface area contributed by atoms with Crippen LogP contribution >= 0.6 is 0 Å². The molecule has 0 radical (unpaired) electrons. The molecule has 2 aromatic carbocycles. The van der Waals surface area contributed by atoms with Gasteiger partial charge in [0.1, 0.15) is 5.82 Å². The number of aryl methyl sites for hydroxylation is 1. The lowest BCUT2D eigenvalue weighted by Crippen LogP contribution is -2.10. The van der Waals surface area contributed by atoms with Crippen LogP contribution in [0.2, 0.25) is 0 Å². The Morgan fingerprint density at radius 1 is 1.10 bits per heavy atom. The molecule has 106 valence electrons. The number of fused-ring (bicyclic) bond motifs is 1. The van der Waals surface area contributed by atoms with Gasteiger partial charge in [-0.3, -0.25) is 4.79 Å². The Kier molecular flexibility index (Phi) is 2.86. The van der Waals surface area contributed by atoms with E-state index < -0.39 is 5.82 Å². The zero-order valence-electron chi connectivity index (χ0n) is 11.3. The van der Waals surface area contributed by atoms with Gasteiger partial charge >= 0.3 is 0 Å². The first-order valence-corrected chi connectivity index (χ1v) is 6.31. The van der Waals surface area contributed by atoms with Crippen molar-refractivity contribution in [3.63, 3.8) is 0 Å². The summed E-state index contributed by atoms with van der Waals surface area (Å²) in [6.45, 7) is 1.85. The molecule has 0 amide bonds. The smallest absolute Gasteiger partial charge is 0.272 e. The SMILES string of the molecule is Cc1cc(N)c(N)cc1-c1n[nH]c(=O)c2ccc(F)cc12. The van der Waals surface area contributed by atoms with Gasteiger partial charge < -0.3 is 11.5 Å². The molecule has 5 nitrogen and oxygen atoms in total. The standard InChI is InChI=1S/C15H13FN4O/c1-7-4-12(17)13(18)6-10(7)14-11-5-8(16)2-3-9(11)15(21)20-19-14/h2-6H,17-18H2,1H3,(H,20,21). The molecule has 3 rings (SSSR count). The summed E-state index contributed by atoms with van der Waals surface area (Å²) < 4.78 is 13.5. The van der Waals surface area contributed by atoms with Gasteiger partial charge in [0.05, 0.1) is 22.5 Å². The van der Waals surface area contributed by atoms with Crippen LogP contribution < -0.4 is 17.0 Å². The average molecular weight is 284 g/mol. The lowest BCUT2D eigenvalue weighted by molar-refractivity contribution is 0.629. The van der Waals surface area contributed by atoms with Crippen molar-refractivity contribution in [3.05, 3.63) is 52.1 Å². The highest BCUT2D eigenvalue weighted by molar-refractivity contribution is 5.95. The van der Waals surface area contributed by atoms with Crippen LogP contribution in [-0.2, 0) is 0 Å². The molecule has 3 aromatic rings. The fraction of sp³-hybridized carbons (Fsp3) is 0.0667. The number of nitrogens with two attached hydrogens (primary N) is 2. The second-order valence-corrected chi connectivity index (χ2v) is 4.89. The first-order chi connectivity index (χ1) is 9.97. The highest BCUT2D eigenvalue weighted by atomic mass is 19.1. The summed E-state index contributed by atoms with van der Waals surface area (Å²) >= 11 is 0. The van der Waals surface area contributed by atoms with Crippen molar-refractivity contribution < 1.29 is 4.39 Å². The van der Waals surface area contributed by atoms with Crippen LogP contribution in [0.3, 0.4) is 0 Å². The van der Waals surface area contributed by atoms with E-state index in [0.717, 1.165) is 5.56 Å². The van der Waals surface area contributed by atoms with E-state index in [1.807, 2.05) is 6.92 Å². The van der Waals surface area contributed by atoms with Crippen molar-refractivity contribution in [1.29, 1.82) is 0 Å². The average Bonchev–Trinajstić information content (AvgIpc) is 2.44. The molecular formula is C15H13FN4O. The Bertz CT molecular complexity index is 917. The van der Waals surface area contributed by atoms with Crippen molar-refractivity contribution >= 4 is 22.1 Å². The van der Waals surface area contributed by atoms with Gasteiger partial charge in [-0.25, -0.2) is 9.49 Å². The molecule has 21 heavy (non-hydrogen) atoms. The van der Waals surface area contributed by atoms with Crippen LogP contribution in [-0.4, -0.2) is 10.2 Å². The van der Waals surface area contributed by atoms with Crippen LogP contribution in [0.15, 0.2) is 35.1 Å². The molecule has 0 saturated carbocycles. The summed E-state index contributed by atoms with van der Waals surface area (Å²) in [6, 6.07) is 7.37. The number of nitrogens with zero attached hydrogens (tertiary/aromatic N) is 1. The summed E-state index contributed by atoms with van der Waals surface area (Å²) in [5.74, 6) is -0.433. The molecule has 0 aliphatic heterocycles. The largest absolute Gasteiger partial charge is 0.397 e. The zero-order chi connectivity index (χ0) is 15.1. The molecule has 0 atom stereocenters. The Morgan fingerprint density at radius 2 is 1.81 bits per heavy atom. The number of benzene rings is 2. The first kappa shape index (κ1) is 13.1. The molecule has 1 aromatic heterocycles. The predicted molar refractivity (Wildman–Crippen MR) is 81.3 cm³/mol. The van der Waals surface area contributed by atoms with Crippen LogP contribution in [0, 0.1) is 12.7 Å². The first-order valence-electron chi connectivity index (χ1n) is 6.31. The van der Waals surface area contributed by atoms with E-state index in [2.05, 4.69) is 10.2 Å². The van der Waals surface area contributed by atoms with Crippen molar-refractivity contribution in [2.75, 3.05) is 11.5 Å². The lowest BCUT2D eigenvalue weighted by atomic mass is 9.99. The predicted octanol–water partition coefficient (Wildman–Crippen LogP) is 2.20. The van der Waals surface area contributed by atoms with E-state index in [1.165, 1.54) is 18.2 Å². The van der Waals surface area contributed by atoms with Gasteiger partial charge in [0, 0.05) is 10.9 Å². The lowest BCUT2D eigenvalue weighted by Gasteiger charge is -2.11. The quantitative estimate of drug-likeness (QED) is 0.597. The van der Waals surface area contributed by atoms with Gasteiger partial charge in [-0.1, -0.05) is 0 Å². The topological polar surface area (TPSA) is 97.8 Å². The molecule has 5 N–H and O–H groups in total. The third kappa shape index (κ3) is 2.10. The van der Waals surface area contributed by atoms with E-state index >= 15 is 0 Å². The minimum absolute atomic E-state index is 0.366. The van der Waals surface area contributed by atoms with Crippen LogP contribution in [0.25, 0.3) is 22.0 Å². The number of anilines is 2. The van der Waals surface area contributed by atoms with Crippen LogP contribution in [0.1, 0.15) is 5.56 Å². The summed E-state index contributed by atoms with van der Waals surface area (Å²) in [6.07, 6.45) is 0. The van der Waals surface area contributed by atoms with E-state index in [0.29, 0.717) is 33.4 Å². The molecule has 0 saturated heterocycles. The van der Waals surface area contributed by atoms with E-state index in [-0.39, 0.29) is 5.56 Å². The Morgan fingerprint density at radius 3 is 2.57 bits per heavy atom. The Hall–Kier alpha value is -2.89. The van der Waals surface area contributed by atoms with Crippen LogP contribution in [0.5, 0.6) is 0 Å². The monoisotopic (exact) mass is 284 g/mol. The number of nitrogens with one attached hydrogen (secondary N) is 1. The maximum atomic E-state index is 13.5. The number of aromatic amines is 1. The number of H-pyrrole nitrogens is 1. The van der Waals surface area contributed by atoms with Gasteiger partial charge in [-0.05, 0) is 42.8 Å². The van der Waals surface area contributed by atoms with Gasteiger partial charge in [0.25, 0.3) is 5.56 Å². The summed E-state index contributed by atoms with van der Waals surface area (Å²) in [5, 5.41) is 7.28. The van der Waals surface area contributed by atoms with Gasteiger partial charge in [0.15, 0.2) is 0 Å². The highest BCUT2D eigenvalue weighted by Gasteiger charge is 2.13. The van der Waals surface area contributed by atoms with Gasteiger partial charge in [-0.2, -0.15) is 5.10 Å². The maximum Gasteiger partial charge on any atom is 0.272 e. The Balaban J connectivity index is 2.41. The number of nitrogen functional groups attached to an aromatic ring is 2. The second-order valence-electron chi connectivity index (χ2n) is 4.89. The fourth-order valence-corrected chi connectivity index (χ4v) is 2.34. The molecule has 1 heterocycles. The summed E-state index contributed by atoms with van der Waals surface area (Å²) in [5.41, 5.74) is 14.1. The number of halogens is 1. The Labute approximate surface area is 119 Å². The molecule has 0 aliphatic rings. The number of aromatic nitrogens is 2. The minimum Gasteiger partial charge on any atom is -0.397 e. The molecule has 6 heteroatoms. The highest BCUT2D eigenvalue weighted by Crippen LogP contribution is 2.31. The van der Waals surface area contributed by atoms with Gasteiger partial charge in [0.2, 0.25) is 0 Å². The van der Waals surface area contributed by atoms with Crippen molar-refractivity contribution in [2.24, 2.45) is 0 Å². The number of rotatable bonds is 1. The maximum absolute atomic E-state index is 13.5. The molecule has 0 fully saturated rings. The third-order valence-electron chi connectivity index (χ3n) is 3.44. The van der Waals surface area contributed by atoms with Crippen LogP contribution in [0.4, 0.5) is 15.8 Å². The summed E-state index contributed by atoms with van der Waals surface area (Å²) in [7, 11) is 0. The van der Waals surface area contributed by atoms with E-state index in [1.54, 1.807) is 12.1 Å². The summed E-state index contributed by atoms with van der Waals surface area (Å²) in [4.78, 5) is 11.8. The number of hydrogen-bond acceptors (Lipinski definition) is 4. The minimum atomic E-state index is -0.433. The molecule has 0 aliphatic carbocycles. The van der Waals surface area contributed by atoms with Gasteiger partial charge in [-0.15, -0.1) is 0 Å². The molecule has 0 unspecified atom stereocenters. The van der Waals surface area contributed by atoms with Crippen molar-refractivity contribution in [2.45, 2.75) is 6.92 Å². The second kappa shape index (κ2) is 4.59. The third-order valence-corrected chi connectivity index (χ3v) is 3.44. The molecule has 0 spiro atoms. The van der Waals surface area contributed by atoms with Crippen molar-refractivity contribution in [3.8, 4) is 11.3 Å². The van der Waals surface area contributed by atoms with E-state index in [9.17, 15) is 9.18 Å². The molecule has 0 bridgehead atoms. The van der Waals surface area contributed by atoms with E-state index in [4.69, 9.17) is 11.5 Å².